The van der Waals surface area contributed by atoms with Gasteiger partial charge in [-0.25, -0.2) is 9.59 Å². The van der Waals surface area contributed by atoms with Crippen LogP contribution in [0.5, 0.6) is 0 Å². The van der Waals surface area contributed by atoms with Gasteiger partial charge in [-0.3, -0.25) is 9.59 Å². The minimum Gasteiger partial charge on any atom is -0.481 e. The number of hydrogen-bond donors (Lipinski definition) is 4. The number of carboxylic acids is 2. The molecule has 0 aromatic rings. The number of ether oxygens (including phenoxy) is 2. The van der Waals surface area contributed by atoms with Crippen molar-refractivity contribution in [3.63, 3.8) is 0 Å². The number of nitrogens with one attached hydrogen (secondary N) is 2. The van der Waals surface area contributed by atoms with Crippen molar-refractivity contribution in [1.82, 2.24) is 10.6 Å². The molecule has 0 radical (unpaired) electrons. The summed E-state index contributed by atoms with van der Waals surface area (Å²) >= 11 is 0. The highest BCUT2D eigenvalue weighted by molar-refractivity contribution is 5.78. The van der Waals surface area contributed by atoms with Gasteiger partial charge < -0.3 is 30.3 Å². The van der Waals surface area contributed by atoms with Crippen LogP contribution in [0, 0.1) is 10.8 Å². The molecular formula is C24H42N2O8. The molecule has 2 amide bonds. The van der Waals surface area contributed by atoms with Gasteiger partial charge in [-0.1, -0.05) is 12.8 Å². The van der Waals surface area contributed by atoms with Crippen molar-refractivity contribution in [2.24, 2.45) is 10.8 Å². The second-order valence-corrected chi connectivity index (χ2v) is 11.6. The smallest absolute Gasteiger partial charge is 0.407 e. The molecule has 2 aliphatic rings. The molecule has 0 bridgehead atoms. The van der Waals surface area contributed by atoms with Crippen LogP contribution in [0.4, 0.5) is 9.59 Å². The third-order valence-electron chi connectivity index (χ3n) is 6.28. The summed E-state index contributed by atoms with van der Waals surface area (Å²) in [5.74, 6) is -1.73. The molecule has 10 heteroatoms. The Bertz CT molecular complexity index is 706. The van der Waals surface area contributed by atoms with Crippen LogP contribution in [0.25, 0.3) is 0 Å². The minimum absolute atomic E-state index is 0.352. The summed E-state index contributed by atoms with van der Waals surface area (Å²) in [6, 6.07) is -0.704. The molecule has 2 aliphatic carbocycles. The Hall–Kier alpha value is -2.52. The molecule has 0 saturated heterocycles. The van der Waals surface area contributed by atoms with E-state index in [4.69, 9.17) is 9.47 Å². The van der Waals surface area contributed by atoms with Crippen molar-refractivity contribution in [1.29, 1.82) is 0 Å². The van der Waals surface area contributed by atoms with E-state index in [2.05, 4.69) is 10.6 Å². The van der Waals surface area contributed by atoms with Gasteiger partial charge in [0.2, 0.25) is 0 Å². The van der Waals surface area contributed by atoms with Crippen molar-refractivity contribution >= 4 is 24.1 Å². The second-order valence-electron chi connectivity index (χ2n) is 11.6. The van der Waals surface area contributed by atoms with Crippen molar-refractivity contribution < 1.29 is 38.9 Å². The number of carboxylic acid groups (broad SMARTS) is 2. The predicted molar refractivity (Wildman–Crippen MR) is 126 cm³/mol. The quantitative estimate of drug-likeness (QED) is 0.459. The van der Waals surface area contributed by atoms with E-state index in [0.717, 1.165) is 12.8 Å². The monoisotopic (exact) mass is 486 g/mol. The first-order valence-corrected chi connectivity index (χ1v) is 11.8. The molecule has 4 N–H and O–H groups in total. The average Bonchev–Trinajstić information content (AvgIpc) is 3.17. The molecule has 34 heavy (non-hydrogen) atoms. The fourth-order valence-electron chi connectivity index (χ4n) is 4.21. The zero-order valence-electron chi connectivity index (χ0n) is 21.7. The maximum absolute atomic E-state index is 11.6. The fourth-order valence-corrected chi connectivity index (χ4v) is 4.21. The number of alkyl carbamates (subject to hydrolysis) is 2. The first-order valence-electron chi connectivity index (χ1n) is 11.8. The van der Waals surface area contributed by atoms with Crippen LogP contribution in [-0.2, 0) is 19.1 Å². The molecular weight excluding hydrogens is 444 g/mol. The van der Waals surface area contributed by atoms with Crippen LogP contribution in [0.2, 0.25) is 0 Å². The maximum atomic E-state index is 11.6. The summed E-state index contributed by atoms with van der Waals surface area (Å²) in [6.07, 6.45) is 3.07. The predicted octanol–water partition coefficient (Wildman–Crippen LogP) is 4.31. The van der Waals surface area contributed by atoms with Crippen molar-refractivity contribution in [3.8, 4) is 0 Å². The second kappa shape index (κ2) is 10.8. The number of carbonyl (C=O) groups excluding carboxylic acids is 2. The third-order valence-corrected chi connectivity index (χ3v) is 6.28. The Kier molecular flexibility index (Phi) is 9.39. The molecule has 196 valence electrons. The average molecular weight is 487 g/mol. The van der Waals surface area contributed by atoms with Gasteiger partial charge in [-0.05, 0) is 81.1 Å². The van der Waals surface area contributed by atoms with Crippen LogP contribution >= 0.6 is 0 Å². The molecule has 0 aliphatic heterocycles. The van der Waals surface area contributed by atoms with Crippen molar-refractivity contribution in [3.05, 3.63) is 0 Å². The lowest BCUT2D eigenvalue weighted by Crippen LogP contribution is -2.48. The summed E-state index contributed by atoms with van der Waals surface area (Å²) in [6.45, 7) is 14.0. The molecule has 0 heterocycles. The Balaban J connectivity index is 0.000000340. The molecule has 4 atom stereocenters. The van der Waals surface area contributed by atoms with E-state index in [-0.39, 0.29) is 12.1 Å². The maximum Gasteiger partial charge on any atom is 0.407 e. The molecule has 0 spiro atoms. The highest BCUT2D eigenvalue weighted by Crippen LogP contribution is 2.39. The lowest BCUT2D eigenvalue weighted by Gasteiger charge is -2.29. The van der Waals surface area contributed by atoms with Gasteiger partial charge in [-0.15, -0.1) is 0 Å². The van der Waals surface area contributed by atoms with E-state index in [1.807, 2.05) is 0 Å². The highest BCUT2D eigenvalue weighted by atomic mass is 16.6. The van der Waals surface area contributed by atoms with E-state index >= 15 is 0 Å². The number of carbonyl (C=O) groups is 4. The number of aliphatic carboxylic acids is 2. The highest BCUT2D eigenvalue weighted by Gasteiger charge is 2.47. The summed E-state index contributed by atoms with van der Waals surface area (Å²) < 4.78 is 10.3. The summed E-state index contributed by atoms with van der Waals surface area (Å²) in [5.41, 5.74) is -2.89. The first kappa shape index (κ1) is 29.5. The van der Waals surface area contributed by atoms with E-state index in [9.17, 15) is 29.4 Å². The summed E-state index contributed by atoms with van der Waals surface area (Å²) in [7, 11) is 0. The van der Waals surface area contributed by atoms with Gasteiger partial charge in [0.1, 0.15) is 11.2 Å². The molecule has 0 aromatic carbocycles. The fraction of sp³-hybridized carbons (Fsp3) is 0.833. The van der Waals surface area contributed by atoms with Crippen LogP contribution in [-0.4, -0.2) is 57.6 Å². The van der Waals surface area contributed by atoms with E-state index in [1.165, 1.54) is 0 Å². The number of amides is 2. The SMILES string of the molecule is CC(C)(C)OC(=O)N[C@@H]1CCC[C@]1(C)C(=O)O.CC(C)(C)OC(=O)N[C@H]1CCC[C@@]1(C)C(=O)O. The van der Waals surface area contributed by atoms with Gasteiger partial charge in [0.05, 0.1) is 10.8 Å². The van der Waals surface area contributed by atoms with Gasteiger partial charge >= 0.3 is 24.1 Å². The van der Waals surface area contributed by atoms with Crippen molar-refractivity contribution in [2.45, 2.75) is 117 Å². The lowest BCUT2D eigenvalue weighted by molar-refractivity contribution is -0.149. The molecule has 2 fully saturated rings. The number of rotatable bonds is 4. The molecule has 10 nitrogen and oxygen atoms in total. The van der Waals surface area contributed by atoms with E-state index in [1.54, 1.807) is 55.4 Å². The molecule has 2 saturated carbocycles. The Labute approximate surface area is 202 Å². The van der Waals surface area contributed by atoms with Gasteiger partial charge in [0.15, 0.2) is 0 Å². The van der Waals surface area contributed by atoms with Crippen LogP contribution in [0.15, 0.2) is 0 Å². The third kappa shape index (κ3) is 8.36. The normalized spacial score (nSPS) is 28.8. The summed E-state index contributed by atoms with van der Waals surface area (Å²) in [5, 5.41) is 23.7. The van der Waals surface area contributed by atoms with Gasteiger partial charge in [0.25, 0.3) is 0 Å². The van der Waals surface area contributed by atoms with Gasteiger partial charge in [-0.2, -0.15) is 0 Å². The van der Waals surface area contributed by atoms with Crippen molar-refractivity contribution in [2.75, 3.05) is 0 Å². The Morgan fingerprint density at radius 2 is 1.00 bits per heavy atom. The molecule has 0 unspecified atom stereocenters. The van der Waals surface area contributed by atoms with Crippen LogP contribution < -0.4 is 10.6 Å². The van der Waals surface area contributed by atoms with Crippen LogP contribution in [0.3, 0.4) is 0 Å². The zero-order chi connectivity index (χ0) is 26.5. The molecule has 0 aromatic heterocycles. The van der Waals surface area contributed by atoms with E-state index < -0.39 is 46.2 Å². The largest absolute Gasteiger partial charge is 0.481 e. The molecule has 2 rings (SSSR count). The first-order chi connectivity index (χ1) is 15.3. The standard InChI is InChI=1S/2C12H21NO4/c2*1-11(2,3)17-10(16)13-8-6-5-7-12(8,4)9(14)15/h2*8H,5-7H2,1-4H3,(H,13,16)(H,14,15)/t2*8-,12+/m10/s1. The summed E-state index contributed by atoms with van der Waals surface area (Å²) in [4.78, 5) is 45.6. The van der Waals surface area contributed by atoms with E-state index in [0.29, 0.717) is 25.7 Å². The minimum atomic E-state index is -0.878. The van der Waals surface area contributed by atoms with Crippen LogP contribution in [0.1, 0.15) is 93.9 Å². The topological polar surface area (TPSA) is 151 Å². The van der Waals surface area contributed by atoms with Gasteiger partial charge in [0, 0.05) is 12.1 Å². The Morgan fingerprint density at radius 3 is 1.24 bits per heavy atom. The Morgan fingerprint density at radius 1 is 0.706 bits per heavy atom. The number of hydrogen-bond acceptors (Lipinski definition) is 6. The lowest BCUT2D eigenvalue weighted by atomic mass is 9.85. The zero-order valence-corrected chi connectivity index (χ0v) is 21.7.